The van der Waals surface area contributed by atoms with Gasteiger partial charge >= 0.3 is 0 Å². The maximum atomic E-state index is 4.03. The van der Waals surface area contributed by atoms with E-state index in [-0.39, 0.29) is 0 Å². The van der Waals surface area contributed by atoms with Crippen LogP contribution in [0.15, 0.2) is 10.7 Å². The number of aromatic amines is 1. The molecule has 1 unspecified atom stereocenters. The van der Waals surface area contributed by atoms with Crippen molar-refractivity contribution in [2.75, 3.05) is 13.1 Å². The Morgan fingerprint density at radius 3 is 3.17 bits per heavy atom. The van der Waals surface area contributed by atoms with E-state index in [4.69, 9.17) is 0 Å². The maximum absolute atomic E-state index is 4.03. The molecule has 1 aromatic heterocycles. The summed E-state index contributed by atoms with van der Waals surface area (Å²) in [6, 6.07) is 2.05. The molecule has 2 heterocycles. The molecule has 1 aromatic rings. The summed E-state index contributed by atoms with van der Waals surface area (Å²) in [5.41, 5.74) is 1.23. The Kier molecular flexibility index (Phi) is 2.46. The first-order valence-electron chi connectivity index (χ1n) is 4.25. The molecule has 0 bridgehead atoms. The van der Waals surface area contributed by atoms with Crippen LogP contribution in [0.2, 0.25) is 0 Å². The topological polar surface area (TPSA) is 40.7 Å². The summed E-state index contributed by atoms with van der Waals surface area (Å²) < 4.78 is 0.906. The Labute approximate surface area is 80.1 Å². The van der Waals surface area contributed by atoms with Gasteiger partial charge in [-0.3, -0.25) is 5.10 Å². The van der Waals surface area contributed by atoms with Crippen molar-refractivity contribution in [1.82, 2.24) is 15.5 Å². The predicted molar refractivity (Wildman–Crippen MR) is 51.0 cm³/mol. The first-order valence-corrected chi connectivity index (χ1v) is 5.04. The molecule has 0 amide bonds. The Bertz CT molecular complexity index is 253. The molecule has 1 aliphatic heterocycles. The fraction of sp³-hybridized carbons (Fsp3) is 0.625. The minimum Gasteiger partial charge on any atom is -0.316 e. The van der Waals surface area contributed by atoms with Gasteiger partial charge in [0, 0.05) is 5.69 Å². The highest BCUT2D eigenvalue weighted by Gasteiger charge is 2.15. The number of nitrogens with one attached hydrogen (secondary N) is 2. The van der Waals surface area contributed by atoms with Crippen molar-refractivity contribution >= 4 is 15.9 Å². The van der Waals surface area contributed by atoms with Gasteiger partial charge in [-0.05, 0) is 53.8 Å². The number of rotatable bonds is 2. The van der Waals surface area contributed by atoms with Crippen molar-refractivity contribution in [2.24, 2.45) is 5.92 Å². The third-order valence-electron chi connectivity index (χ3n) is 2.27. The number of aromatic nitrogens is 2. The molecule has 0 radical (unpaired) electrons. The van der Waals surface area contributed by atoms with E-state index in [1.54, 1.807) is 0 Å². The highest BCUT2D eigenvalue weighted by Crippen LogP contribution is 2.15. The molecule has 1 aliphatic rings. The molecule has 0 aromatic carbocycles. The van der Waals surface area contributed by atoms with Crippen molar-refractivity contribution in [1.29, 1.82) is 0 Å². The van der Waals surface area contributed by atoms with Crippen LogP contribution < -0.4 is 5.32 Å². The van der Waals surface area contributed by atoms with Crippen molar-refractivity contribution in [3.63, 3.8) is 0 Å². The molecule has 0 saturated carbocycles. The maximum Gasteiger partial charge on any atom is 0.128 e. The molecule has 2 N–H and O–H groups in total. The zero-order valence-electron chi connectivity index (χ0n) is 6.81. The Balaban J connectivity index is 1.94. The molecular formula is C8H12BrN3. The van der Waals surface area contributed by atoms with Crippen molar-refractivity contribution in [2.45, 2.75) is 12.8 Å². The Morgan fingerprint density at radius 2 is 2.58 bits per heavy atom. The lowest BCUT2D eigenvalue weighted by molar-refractivity contribution is 0.571. The lowest BCUT2D eigenvalue weighted by Gasteiger charge is -2.04. The van der Waals surface area contributed by atoms with Gasteiger partial charge in [0.25, 0.3) is 0 Å². The van der Waals surface area contributed by atoms with E-state index >= 15 is 0 Å². The zero-order chi connectivity index (χ0) is 8.39. The fourth-order valence-corrected chi connectivity index (χ4v) is 2.00. The predicted octanol–water partition coefficient (Wildman–Crippen LogP) is 1.32. The molecule has 3 nitrogen and oxygen atoms in total. The lowest BCUT2D eigenvalue weighted by Crippen LogP contribution is -2.10. The second-order valence-corrected chi connectivity index (χ2v) is 4.09. The first-order chi connectivity index (χ1) is 5.84. The van der Waals surface area contributed by atoms with Crippen molar-refractivity contribution in [3.05, 3.63) is 16.4 Å². The summed E-state index contributed by atoms with van der Waals surface area (Å²) in [5.74, 6) is 0.789. The van der Waals surface area contributed by atoms with E-state index in [9.17, 15) is 0 Å². The van der Waals surface area contributed by atoms with E-state index in [0.29, 0.717) is 0 Å². The van der Waals surface area contributed by atoms with E-state index in [1.807, 2.05) is 0 Å². The molecule has 0 aliphatic carbocycles. The standard InChI is InChI=1S/C8H12BrN3/c9-8-4-7(11-12-8)3-6-1-2-10-5-6/h4,6,10H,1-3,5H2,(H,11,12). The van der Waals surface area contributed by atoms with Gasteiger partial charge in [-0.2, -0.15) is 5.10 Å². The van der Waals surface area contributed by atoms with Gasteiger partial charge in [-0.1, -0.05) is 0 Å². The van der Waals surface area contributed by atoms with Gasteiger partial charge < -0.3 is 5.32 Å². The fourth-order valence-electron chi connectivity index (χ4n) is 1.64. The number of H-pyrrole nitrogens is 1. The smallest absolute Gasteiger partial charge is 0.128 e. The summed E-state index contributed by atoms with van der Waals surface area (Å²) in [4.78, 5) is 0. The minimum absolute atomic E-state index is 0.789. The molecule has 1 saturated heterocycles. The summed E-state index contributed by atoms with van der Waals surface area (Å²) in [6.45, 7) is 2.32. The summed E-state index contributed by atoms with van der Waals surface area (Å²) in [7, 11) is 0. The summed E-state index contributed by atoms with van der Waals surface area (Å²) >= 11 is 3.32. The van der Waals surface area contributed by atoms with Crippen molar-refractivity contribution in [3.8, 4) is 0 Å². The van der Waals surface area contributed by atoms with Crippen molar-refractivity contribution < 1.29 is 0 Å². The van der Waals surface area contributed by atoms with E-state index in [0.717, 1.165) is 23.5 Å². The summed E-state index contributed by atoms with van der Waals surface area (Å²) in [6.07, 6.45) is 2.40. The molecule has 12 heavy (non-hydrogen) atoms. The van der Waals surface area contributed by atoms with Crippen LogP contribution in [-0.4, -0.2) is 23.3 Å². The van der Waals surface area contributed by atoms with Crippen LogP contribution in [0.3, 0.4) is 0 Å². The van der Waals surface area contributed by atoms with E-state index < -0.39 is 0 Å². The Hall–Kier alpha value is -0.350. The second kappa shape index (κ2) is 3.58. The number of hydrogen-bond donors (Lipinski definition) is 2. The second-order valence-electron chi connectivity index (χ2n) is 3.28. The van der Waals surface area contributed by atoms with Crippen LogP contribution in [0, 0.1) is 5.92 Å². The normalized spacial score (nSPS) is 23.2. The average Bonchev–Trinajstić information content (AvgIpc) is 2.63. The number of halogens is 1. The number of hydrogen-bond acceptors (Lipinski definition) is 2. The molecule has 0 spiro atoms. The first kappa shape index (κ1) is 8.26. The minimum atomic E-state index is 0.789. The van der Waals surface area contributed by atoms with Gasteiger partial charge in [0.2, 0.25) is 0 Å². The molecule has 1 fully saturated rings. The largest absolute Gasteiger partial charge is 0.316 e. The van der Waals surface area contributed by atoms with Gasteiger partial charge in [0.15, 0.2) is 0 Å². The number of nitrogens with zero attached hydrogens (tertiary/aromatic N) is 1. The molecule has 66 valence electrons. The third-order valence-corrected chi connectivity index (χ3v) is 2.68. The third kappa shape index (κ3) is 1.87. The highest BCUT2D eigenvalue weighted by molar-refractivity contribution is 9.10. The molecular weight excluding hydrogens is 218 g/mol. The molecule has 2 rings (SSSR count). The van der Waals surface area contributed by atoms with Crippen LogP contribution in [0.4, 0.5) is 0 Å². The molecule has 1 atom stereocenters. The van der Waals surface area contributed by atoms with E-state index in [2.05, 4.69) is 37.5 Å². The van der Waals surface area contributed by atoms with Gasteiger partial charge in [0.1, 0.15) is 4.60 Å². The lowest BCUT2D eigenvalue weighted by atomic mass is 10.0. The van der Waals surface area contributed by atoms with Gasteiger partial charge in [0.05, 0.1) is 0 Å². The van der Waals surface area contributed by atoms with Crippen LogP contribution in [0.25, 0.3) is 0 Å². The SMILES string of the molecule is Brc1cc(CC2CCNC2)[nH]n1. The summed E-state index contributed by atoms with van der Waals surface area (Å²) in [5, 5.41) is 10.4. The van der Waals surface area contributed by atoms with Crippen LogP contribution in [-0.2, 0) is 6.42 Å². The Morgan fingerprint density at radius 1 is 1.67 bits per heavy atom. The quantitative estimate of drug-likeness (QED) is 0.804. The van der Waals surface area contributed by atoms with E-state index in [1.165, 1.54) is 18.7 Å². The average molecular weight is 230 g/mol. The zero-order valence-corrected chi connectivity index (χ0v) is 8.39. The monoisotopic (exact) mass is 229 g/mol. The highest BCUT2D eigenvalue weighted by atomic mass is 79.9. The van der Waals surface area contributed by atoms with Gasteiger partial charge in [-0.25, -0.2) is 0 Å². The molecule has 4 heteroatoms. The van der Waals surface area contributed by atoms with Crippen LogP contribution in [0.1, 0.15) is 12.1 Å². The van der Waals surface area contributed by atoms with Gasteiger partial charge in [-0.15, -0.1) is 0 Å². The van der Waals surface area contributed by atoms with Crippen LogP contribution >= 0.6 is 15.9 Å². The van der Waals surface area contributed by atoms with Crippen LogP contribution in [0.5, 0.6) is 0 Å².